The van der Waals surface area contributed by atoms with Gasteiger partial charge in [-0.05, 0) is 53.8 Å². The van der Waals surface area contributed by atoms with Gasteiger partial charge in [0, 0.05) is 5.56 Å². The van der Waals surface area contributed by atoms with E-state index in [1.54, 1.807) is 0 Å². The van der Waals surface area contributed by atoms with E-state index in [1.807, 2.05) is 18.2 Å². The van der Waals surface area contributed by atoms with Crippen molar-refractivity contribution in [3.05, 3.63) is 60.7 Å². The molecular formula is C29H40O2. The third-order valence-electron chi connectivity index (χ3n) is 5.55. The zero-order chi connectivity index (χ0) is 22.3. The van der Waals surface area contributed by atoms with Crippen molar-refractivity contribution in [2.45, 2.75) is 71.6 Å². The molecule has 0 aromatic heterocycles. The van der Waals surface area contributed by atoms with Gasteiger partial charge in [0.05, 0.1) is 13.2 Å². The van der Waals surface area contributed by atoms with Gasteiger partial charge in [-0.15, -0.1) is 0 Å². The zero-order valence-electron chi connectivity index (χ0n) is 19.6. The molecule has 0 spiro atoms. The van der Waals surface area contributed by atoms with Gasteiger partial charge in [0.15, 0.2) is 0 Å². The molecule has 2 heteroatoms. The van der Waals surface area contributed by atoms with Crippen molar-refractivity contribution in [3.8, 4) is 22.6 Å². The van der Waals surface area contributed by atoms with Crippen LogP contribution in [0.25, 0.3) is 23.3 Å². The maximum absolute atomic E-state index is 6.20. The molecule has 168 valence electrons. The molecule has 0 bridgehead atoms. The number of benzene rings is 2. The van der Waals surface area contributed by atoms with Crippen molar-refractivity contribution in [3.63, 3.8) is 0 Å². The second kappa shape index (κ2) is 14.5. The molecule has 2 nitrogen and oxygen atoms in total. The van der Waals surface area contributed by atoms with Gasteiger partial charge in [0.2, 0.25) is 0 Å². The van der Waals surface area contributed by atoms with E-state index in [0.29, 0.717) is 0 Å². The van der Waals surface area contributed by atoms with E-state index in [9.17, 15) is 0 Å². The number of unbranched alkanes of at least 4 members (excludes halogenated alkanes) is 7. The molecule has 0 aliphatic heterocycles. The normalized spacial score (nSPS) is 10.6. The van der Waals surface area contributed by atoms with Crippen LogP contribution in [-0.4, -0.2) is 13.2 Å². The molecule has 0 fully saturated rings. The Morgan fingerprint density at radius 1 is 0.677 bits per heavy atom. The van der Waals surface area contributed by atoms with E-state index in [0.717, 1.165) is 59.8 Å². The van der Waals surface area contributed by atoms with Gasteiger partial charge in [-0.25, -0.2) is 0 Å². The summed E-state index contributed by atoms with van der Waals surface area (Å²) in [6.07, 6.45) is 14.7. The lowest BCUT2D eigenvalue weighted by atomic mass is 9.96. The molecule has 0 atom stereocenters. The average molecular weight is 421 g/mol. The molecule has 0 aliphatic carbocycles. The van der Waals surface area contributed by atoms with Crippen molar-refractivity contribution in [2.75, 3.05) is 13.2 Å². The van der Waals surface area contributed by atoms with Crippen LogP contribution in [0.4, 0.5) is 0 Å². The highest BCUT2D eigenvalue weighted by atomic mass is 16.5. The molecule has 0 saturated heterocycles. The van der Waals surface area contributed by atoms with Crippen LogP contribution in [-0.2, 0) is 0 Å². The highest BCUT2D eigenvalue weighted by Gasteiger charge is 2.12. The highest BCUT2D eigenvalue weighted by Crippen LogP contribution is 2.36. The SMILES string of the molecule is C=Cc1ccc(OCCCCCC)c(-c2cc(OCCCCCCC)ccc2C=C)c1. The van der Waals surface area contributed by atoms with Crippen molar-refractivity contribution in [1.29, 1.82) is 0 Å². The molecule has 31 heavy (non-hydrogen) atoms. The monoisotopic (exact) mass is 420 g/mol. The van der Waals surface area contributed by atoms with Crippen molar-refractivity contribution in [2.24, 2.45) is 0 Å². The quantitative estimate of drug-likeness (QED) is 0.252. The summed E-state index contributed by atoms with van der Waals surface area (Å²) in [7, 11) is 0. The third-order valence-corrected chi connectivity index (χ3v) is 5.55. The molecular weight excluding hydrogens is 380 g/mol. The first-order valence-electron chi connectivity index (χ1n) is 12.0. The number of hydrogen-bond donors (Lipinski definition) is 0. The Bertz CT molecular complexity index is 806. The molecule has 0 saturated carbocycles. The van der Waals surface area contributed by atoms with Gasteiger partial charge in [0.25, 0.3) is 0 Å². The summed E-state index contributed by atoms with van der Waals surface area (Å²) in [6, 6.07) is 12.5. The van der Waals surface area contributed by atoms with Gasteiger partial charge in [-0.1, -0.05) is 96.2 Å². The van der Waals surface area contributed by atoms with E-state index in [1.165, 1.54) is 44.9 Å². The number of ether oxygens (including phenoxy) is 2. The lowest BCUT2D eigenvalue weighted by Crippen LogP contribution is -2.01. The second-order valence-corrected chi connectivity index (χ2v) is 8.08. The third kappa shape index (κ3) is 8.28. The van der Waals surface area contributed by atoms with E-state index in [-0.39, 0.29) is 0 Å². The van der Waals surface area contributed by atoms with Gasteiger partial charge in [-0.2, -0.15) is 0 Å². The van der Waals surface area contributed by atoms with Crippen molar-refractivity contribution in [1.82, 2.24) is 0 Å². The first-order chi connectivity index (χ1) is 15.2. The predicted octanol–water partition coefficient (Wildman–Crippen LogP) is 8.95. The first kappa shape index (κ1) is 24.8. The molecule has 0 amide bonds. The fourth-order valence-corrected chi connectivity index (χ4v) is 3.65. The maximum atomic E-state index is 6.20. The van der Waals surface area contributed by atoms with E-state index < -0.39 is 0 Å². The van der Waals surface area contributed by atoms with E-state index in [4.69, 9.17) is 9.47 Å². The number of rotatable bonds is 16. The minimum atomic E-state index is 0.734. The molecule has 0 heterocycles. The minimum absolute atomic E-state index is 0.734. The average Bonchev–Trinajstić information content (AvgIpc) is 2.81. The largest absolute Gasteiger partial charge is 0.494 e. The lowest BCUT2D eigenvalue weighted by molar-refractivity contribution is 0.304. The van der Waals surface area contributed by atoms with Gasteiger partial charge >= 0.3 is 0 Å². The fraction of sp³-hybridized carbons (Fsp3) is 0.448. The smallest absolute Gasteiger partial charge is 0.127 e. The summed E-state index contributed by atoms with van der Waals surface area (Å²) in [5.41, 5.74) is 4.31. The summed E-state index contributed by atoms with van der Waals surface area (Å²) in [6.45, 7) is 13.9. The van der Waals surface area contributed by atoms with Crippen LogP contribution in [0.3, 0.4) is 0 Å². The van der Waals surface area contributed by atoms with Crippen LogP contribution >= 0.6 is 0 Å². The Balaban J connectivity index is 2.19. The lowest BCUT2D eigenvalue weighted by Gasteiger charge is -2.16. The fourth-order valence-electron chi connectivity index (χ4n) is 3.65. The highest BCUT2D eigenvalue weighted by molar-refractivity contribution is 5.81. The molecule has 0 unspecified atom stereocenters. The molecule has 0 aliphatic rings. The van der Waals surface area contributed by atoms with Crippen molar-refractivity contribution < 1.29 is 9.47 Å². The molecule has 2 aromatic carbocycles. The Hall–Kier alpha value is -2.48. The summed E-state index contributed by atoms with van der Waals surface area (Å²) in [4.78, 5) is 0. The molecule has 0 N–H and O–H groups in total. The summed E-state index contributed by atoms with van der Waals surface area (Å²) < 4.78 is 12.3. The minimum Gasteiger partial charge on any atom is -0.494 e. The standard InChI is InChI=1S/C29H40O2/c1-5-9-11-13-15-20-30-26-18-17-25(8-4)27(23-26)28-22-24(7-3)16-19-29(28)31-21-14-12-10-6-2/h7-8,16-19,22-23H,3-6,9-15,20-21H2,1-2H3. The summed E-state index contributed by atoms with van der Waals surface area (Å²) in [5, 5.41) is 0. The summed E-state index contributed by atoms with van der Waals surface area (Å²) in [5.74, 6) is 1.80. The van der Waals surface area contributed by atoms with Crippen LogP contribution in [0, 0.1) is 0 Å². The maximum Gasteiger partial charge on any atom is 0.127 e. The van der Waals surface area contributed by atoms with Gasteiger partial charge < -0.3 is 9.47 Å². The Morgan fingerprint density at radius 3 is 2.03 bits per heavy atom. The Morgan fingerprint density at radius 2 is 1.35 bits per heavy atom. The molecule has 2 rings (SSSR count). The zero-order valence-corrected chi connectivity index (χ0v) is 19.6. The topological polar surface area (TPSA) is 18.5 Å². The van der Waals surface area contributed by atoms with E-state index >= 15 is 0 Å². The van der Waals surface area contributed by atoms with Crippen LogP contribution in [0.5, 0.6) is 11.5 Å². The van der Waals surface area contributed by atoms with Gasteiger partial charge in [0.1, 0.15) is 11.5 Å². The molecule has 0 radical (unpaired) electrons. The summed E-state index contributed by atoms with van der Waals surface area (Å²) >= 11 is 0. The van der Waals surface area contributed by atoms with E-state index in [2.05, 4.69) is 57.3 Å². The molecule has 2 aromatic rings. The van der Waals surface area contributed by atoms with Crippen molar-refractivity contribution >= 4 is 12.2 Å². The Kier molecular flexibility index (Phi) is 11.6. The van der Waals surface area contributed by atoms with Crippen LogP contribution in [0.15, 0.2) is 49.6 Å². The van der Waals surface area contributed by atoms with Crippen LogP contribution in [0.2, 0.25) is 0 Å². The first-order valence-corrected chi connectivity index (χ1v) is 12.0. The van der Waals surface area contributed by atoms with Gasteiger partial charge in [-0.3, -0.25) is 0 Å². The Labute approximate surface area is 190 Å². The second-order valence-electron chi connectivity index (χ2n) is 8.08. The van der Waals surface area contributed by atoms with Crippen LogP contribution < -0.4 is 9.47 Å². The number of hydrogen-bond acceptors (Lipinski definition) is 2. The van der Waals surface area contributed by atoms with Crippen LogP contribution in [0.1, 0.15) is 82.8 Å². The predicted molar refractivity (Wildman–Crippen MR) is 136 cm³/mol.